The molecule has 0 unspecified atom stereocenters. The predicted octanol–water partition coefficient (Wildman–Crippen LogP) is 1.94. The highest BCUT2D eigenvalue weighted by atomic mass is 16.1. The van der Waals surface area contributed by atoms with Crippen LogP contribution in [0.15, 0.2) is 0 Å². The van der Waals surface area contributed by atoms with Gasteiger partial charge in [-0.3, -0.25) is 15.1 Å². The van der Waals surface area contributed by atoms with E-state index in [0.717, 1.165) is 43.0 Å². The largest absolute Gasteiger partial charge is 0.295 e. The van der Waals surface area contributed by atoms with Gasteiger partial charge in [-0.2, -0.15) is 0 Å². The maximum Gasteiger partial charge on any atom is 0.243 e. The highest BCUT2D eigenvalue weighted by molar-refractivity contribution is 5.87. The quantitative estimate of drug-likeness (QED) is 0.789. The van der Waals surface area contributed by atoms with E-state index in [1.165, 1.54) is 38.5 Å². The summed E-state index contributed by atoms with van der Waals surface area (Å²) >= 11 is 0. The number of rotatable bonds is 3. The number of nitrogens with two attached hydrogens (primary N) is 1. The molecular formula is C16H25N2O+. The van der Waals surface area contributed by atoms with E-state index < -0.39 is 0 Å². The third-order valence-corrected chi connectivity index (χ3v) is 6.23. The molecule has 0 amide bonds. The summed E-state index contributed by atoms with van der Waals surface area (Å²) in [5.41, 5.74) is 6.06. The molecule has 0 aromatic heterocycles. The Hall–Kier alpha value is -0.860. The molecular weight excluding hydrogens is 236 g/mol. The van der Waals surface area contributed by atoms with E-state index in [-0.39, 0.29) is 5.41 Å². The van der Waals surface area contributed by atoms with Crippen molar-refractivity contribution in [2.24, 2.45) is 28.9 Å². The summed E-state index contributed by atoms with van der Waals surface area (Å²) in [6, 6.07) is 0. The predicted molar refractivity (Wildman–Crippen MR) is 74.0 cm³/mol. The fourth-order valence-corrected chi connectivity index (χ4v) is 5.73. The van der Waals surface area contributed by atoms with Gasteiger partial charge in [-0.05, 0) is 62.7 Å². The van der Waals surface area contributed by atoms with Crippen molar-refractivity contribution in [2.75, 3.05) is 13.1 Å². The molecule has 3 heteroatoms. The minimum atomic E-state index is 0.0532. The summed E-state index contributed by atoms with van der Waals surface area (Å²) in [7, 11) is 0. The van der Waals surface area contributed by atoms with Gasteiger partial charge in [0.1, 0.15) is 6.54 Å². The average Bonchev–Trinajstić information content (AvgIpc) is 2.73. The molecule has 4 bridgehead atoms. The Morgan fingerprint density at radius 3 is 2.21 bits per heavy atom. The summed E-state index contributed by atoms with van der Waals surface area (Å²) in [5, 5.41) is 0. The monoisotopic (exact) mass is 261 g/mol. The molecule has 0 saturated heterocycles. The summed E-state index contributed by atoms with van der Waals surface area (Å²) < 4.78 is 2.14. The van der Waals surface area contributed by atoms with E-state index in [0.29, 0.717) is 12.3 Å². The van der Waals surface area contributed by atoms with Crippen LogP contribution in [0.3, 0.4) is 0 Å². The third kappa shape index (κ3) is 1.85. The van der Waals surface area contributed by atoms with E-state index in [2.05, 4.69) is 4.58 Å². The molecule has 1 heterocycles. The van der Waals surface area contributed by atoms with Crippen LogP contribution >= 0.6 is 0 Å². The van der Waals surface area contributed by atoms with Crippen molar-refractivity contribution in [1.82, 2.24) is 0 Å². The molecule has 0 radical (unpaired) electrons. The lowest BCUT2D eigenvalue weighted by Gasteiger charge is -2.55. The lowest BCUT2D eigenvalue weighted by Crippen LogP contribution is -2.52. The van der Waals surface area contributed by atoms with Crippen LogP contribution in [0, 0.1) is 23.2 Å². The molecule has 3 nitrogen and oxygen atoms in total. The molecule has 2 N–H and O–H groups in total. The minimum absolute atomic E-state index is 0.0532. The van der Waals surface area contributed by atoms with Crippen LogP contribution in [0.25, 0.3) is 0 Å². The first kappa shape index (κ1) is 11.9. The molecule has 104 valence electrons. The number of amidine groups is 1. The number of hydrogen-bond donors (Lipinski definition) is 1. The van der Waals surface area contributed by atoms with E-state index in [9.17, 15) is 4.79 Å². The first-order valence-electron chi connectivity index (χ1n) is 8.04. The lowest BCUT2D eigenvalue weighted by molar-refractivity contribution is -0.510. The smallest absolute Gasteiger partial charge is 0.243 e. The number of hydrogen-bond acceptors (Lipinski definition) is 2. The van der Waals surface area contributed by atoms with Crippen molar-refractivity contribution in [1.29, 1.82) is 0 Å². The van der Waals surface area contributed by atoms with E-state index in [4.69, 9.17) is 5.73 Å². The zero-order valence-electron chi connectivity index (χ0n) is 11.7. The zero-order chi connectivity index (χ0) is 13.0. The molecule has 5 aliphatic rings. The van der Waals surface area contributed by atoms with Gasteiger partial charge in [0, 0.05) is 5.41 Å². The zero-order valence-corrected chi connectivity index (χ0v) is 11.7. The number of carbonyl (C=O) groups is 1. The van der Waals surface area contributed by atoms with Crippen LogP contribution in [-0.4, -0.2) is 29.3 Å². The van der Waals surface area contributed by atoms with Crippen LogP contribution in [0.2, 0.25) is 0 Å². The van der Waals surface area contributed by atoms with Crippen molar-refractivity contribution in [3.63, 3.8) is 0 Å². The first-order chi connectivity index (χ1) is 9.14. The molecule has 19 heavy (non-hydrogen) atoms. The summed E-state index contributed by atoms with van der Waals surface area (Å²) in [6.45, 7) is 1.59. The van der Waals surface area contributed by atoms with Crippen molar-refractivity contribution in [3.05, 3.63) is 0 Å². The highest BCUT2D eigenvalue weighted by Gasteiger charge is 2.54. The number of nitrogens with zero attached hydrogens (tertiary/aromatic N) is 1. The van der Waals surface area contributed by atoms with Gasteiger partial charge in [-0.25, -0.2) is 0 Å². The Bertz CT molecular complexity index is 416. The second-order valence-corrected chi connectivity index (χ2v) is 7.64. The van der Waals surface area contributed by atoms with Gasteiger partial charge in [0.2, 0.25) is 5.84 Å². The van der Waals surface area contributed by atoms with Crippen LogP contribution in [-0.2, 0) is 4.79 Å². The van der Waals surface area contributed by atoms with Gasteiger partial charge in [0.15, 0.2) is 5.78 Å². The number of ketones is 1. The SMILES string of the molecule is NC1=[N+](CC(=O)C23CC4CC(CC(C4)C2)C3)CCC1. The summed E-state index contributed by atoms with van der Waals surface area (Å²) in [6.07, 6.45) is 9.89. The molecule has 0 spiro atoms. The highest BCUT2D eigenvalue weighted by Crippen LogP contribution is 2.60. The van der Waals surface area contributed by atoms with Crippen LogP contribution < -0.4 is 5.73 Å². The Labute approximate surface area is 115 Å². The van der Waals surface area contributed by atoms with Crippen molar-refractivity contribution in [2.45, 2.75) is 51.4 Å². The van der Waals surface area contributed by atoms with E-state index in [1.54, 1.807) is 0 Å². The average molecular weight is 261 g/mol. The maximum absolute atomic E-state index is 12.9. The molecule has 4 saturated carbocycles. The summed E-state index contributed by atoms with van der Waals surface area (Å²) in [4.78, 5) is 12.9. The summed E-state index contributed by atoms with van der Waals surface area (Å²) in [5.74, 6) is 4.02. The first-order valence-corrected chi connectivity index (χ1v) is 8.04. The second kappa shape index (κ2) is 4.07. The molecule has 0 aromatic carbocycles. The van der Waals surface area contributed by atoms with E-state index >= 15 is 0 Å². The topological polar surface area (TPSA) is 46.1 Å². The lowest BCUT2D eigenvalue weighted by atomic mass is 9.48. The van der Waals surface area contributed by atoms with E-state index in [1.807, 2.05) is 0 Å². The number of Topliss-reactive ketones (excluding diaryl/α,β-unsaturated/α-hetero) is 1. The molecule has 4 fully saturated rings. The molecule has 0 atom stereocenters. The fraction of sp³-hybridized carbons (Fsp3) is 0.875. The molecule has 5 rings (SSSR count). The van der Waals surface area contributed by atoms with Crippen LogP contribution in [0.1, 0.15) is 51.4 Å². The molecule has 4 aliphatic carbocycles. The Morgan fingerprint density at radius 1 is 1.16 bits per heavy atom. The van der Waals surface area contributed by atoms with Gasteiger partial charge < -0.3 is 0 Å². The van der Waals surface area contributed by atoms with Gasteiger partial charge >= 0.3 is 0 Å². The van der Waals surface area contributed by atoms with Crippen molar-refractivity contribution >= 4 is 11.6 Å². The standard InChI is InChI=1S/C16H24N2O/c17-15-2-1-3-18(15)10-14(19)16-7-11-4-12(8-16)6-13(5-11)9-16/h11-13,17H,1-10H2/p+1. The fourth-order valence-electron chi connectivity index (χ4n) is 5.73. The Balaban J connectivity index is 1.55. The van der Waals surface area contributed by atoms with Crippen molar-refractivity contribution in [3.8, 4) is 0 Å². The van der Waals surface area contributed by atoms with Gasteiger partial charge in [0.05, 0.1) is 13.0 Å². The van der Waals surface area contributed by atoms with Gasteiger partial charge in [0.25, 0.3) is 0 Å². The van der Waals surface area contributed by atoms with Gasteiger partial charge in [-0.15, -0.1) is 0 Å². The maximum atomic E-state index is 12.9. The minimum Gasteiger partial charge on any atom is -0.295 e. The van der Waals surface area contributed by atoms with Crippen LogP contribution in [0.5, 0.6) is 0 Å². The molecule has 1 aliphatic heterocycles. The second-order valence-electron chi connectivity index (χ2n) is 7.64. The van der Waals surface area contributed by atoms with Crippen LogP contribution in [0.4, 0.5) is 0 Å². The van der Waals surface area contributed by atoms with Crippen molar-refractivity contribution < 1.29 is 9.37 Å². The molecule has 0 aromatic rings. The number of carbonyl (C=O) groups excluding carboxylic acids is 1. The van der Waals surface area contributed by atoms with Gasteiger partial charge in [-0.1, -0.05) is 0 Å². The Morgan fingerprint density at radius 2 is 1.74 bits per heavy atom. The normalized spacial score (nSPS) is 44.1. The third-order valence-electron chi connectivity index (χ3n) is 6.23. The Kier molecular flexibility index (Phi) is 2.55.